The third-order valence-electron chi connectivity index (χ3n) is 7.45. The van der Waals surface area contributed by atoms with Crippen molar-refractivity contribution < 1.29 is 9.53 Å². The molecule has 2 fully saturated rings. The molecule has 0 unspecified atom stereocenters. The van der Waals surface area contributed by atoms with Crippen LogP contribution >= 0.6 is 11.8 Å². The molecule has 0 aromatic heterocycles. The average Bonchev–Trinajstić information content (AvgIpc) is 2.89. The summed E-state index contributed by atoms with van der Waals surface area (Å²) in [7, 11) is 0. The Morgan fingerprint density at radius 1 is 0.972 bits per heavy atom. The number of carbonyl (C=O) groups excluding carboxylic acids is 1. The molecular formula is C29H38N4O2S. The third kappa shape index (κ3) is 6.96. The minimum atomic E-state index is 0.113. The molecule has 0 spiro atoms. The molecule has 1 saturated heterocycles. The average molecular weight is 507 g/mol. The SMILES string of the molecule is CSc1ccc(NC2CCN(C(=O)COC3CCC(Nc4ccc(C#N)c(C)c4)CC3)CC2)cc1C. The van der Waals surface area contributed by atoms with Crippen LogP contribution in [0.2, 0.25) is 0 Å². The predicted octanol–water partition coefficient (Wildman–Crippen LogP) is 5.74. The number of nitrogens with zero attached hydrogens (tertiary/aromatic N) is 2. The number of rotatable bonds is 8. The first-order valence-electron chi connectivity index (χ1n) is 13.0. The summed E-state index contributed by atoms with van der Waals surface area (Å²) in [4.78, 5) is 16.0. The summed E-state index contributed by atoms with van der Waals surface area (Å²) < 4.78 is 6.03. The van der Waals surface area contributed by atoms with Crippen LogP contribution in [0.25, 0.3) is 0 Å². The molecular weight excluding hydrogens is 468 g/mol. The highest BCUT2D eigenvalue weighted by Crippen LogP contribution is 2.26. The Morgan fingerprint density at radius 2 is 1.58 bits per heavy atom. The first-order valence-corrected chi connectivity index (χ1v) is 14.3. The normalized spacial score (nSPS) is 20.6. The lowest BCUT2D eigenvalue weighted by atomic mass is 9.92. The fraction of sp³-hybridized carbons (Fsp3) is 0.517. The van der Waals surface area contributed by atoms with Gasteiger partial charge in [0, 0.05) is 41.4 Å². The van der Waals surface area contributed by atoms with Gasteiger partial charge in [-0.25, -0.2) is 0 Å². The number of benzene rings is 2. The number of thioether (sulfide) groups is 1. The van der Waals surface area contributed by atoms with E-state index in [1.54, 1.807) is 11.8 Å². The van der Waals surface area contributed by atoms with Crippen molar-refractivity contribution in [1.82, 2.24) is 4.90 Å². The van der Waals surface area contributed by atoms with Crippen LogP contribution in [0.4, 0.5) is 11.4 Å². The van der Waals surface area contributed by atoms with Gasteiger partial charge in [-0.3, -0.25) is 4.79 Å². The zero-order chi connectivity index (χ0) is 25.5. The second-order valence-corrected chi connectivity index (χ2v) is 10.9. The van der Waals surface area contributed by atoms with Crippen molar-refractivity contribution in [2.75, 3.05) is 36.6 Å². The zero-order valence-electron chi connectivity index (χ0n) is 21.7. The number of nitrogens with one attached hydrogen (secondary N) is 2. The van der Waals surface area contributed by atoms with Crippen LogP contribution in [-0.4, -0.2) is 54.9 Å². The summed E-state index contributed by atoms with van der Waals surface area (Å²) in [5.74, 6) is 0.113. The van der Waals surface area contributed by atoms with Crippen molar-refractivity contribution in [3.8, 4) is 6.07 Å². The Labute approximate surface area is 219 Å². The maximum Gasteiger partial charge on any atom is 0.248 e. The molecule has 6 nitrogen and oxygen atoms in total. The number of piperidine rings is 1. The van der Waals surface area contributed by atoms with Crippen LogP contribution in [-0.2, 0) is 9.53 Å². The van der Waals surface area contributed by atoms with E-state index < -0.39 is 0 Å². The van der Waals surface area contributed by atoms with Crippen LogP contribution in [0, 0.1) is 25.2 Å². The first-order chi connectivity index (χ1) is 17.4. The van der Waals surface area contributed by atoms with Crippen molar-refractivity contribution in [2.45, 2.75) is 75.5 Å². The Morgan fingerprint density at radius 3 is 2.17 bits per heavy atom. The Bertz CT molecular complexity index is 1080. The van der Waals surface area contributed by atoms with Gasteiger partial charge in [0.05, 0.1) is 17.7 Å². The van der Waals surface area contributed by atoms with Gasteiger partial charge in [0.1, 0.15) is 6.61 Å². The summed E-state index contributed by atoms with van der Waals surface area (Å²) in [6.07, 6.45) is 8.14. The van der Waals surface area contributed by atoms with Gasteiger partial charge < -0.3 is 20.3 Å². The van der Waals surface area contributed by atoms with Gasteiger partial charge in [0.2, 0.25) is 5.91 Å². The van der Waals surface area contributed by atoms with E-state index in [-0.39, 0.29) is 18.6 Å². The Balaban J connectivity index is 1.14. The molecule has 1 heterocycles. The molecule has 2 N–H and O–H groups in total. The lowest BCUT2D eigenvalue weighted by molar-refractivity contribution is -0.139. The molecule has 0 atom stereocenters. The fourth-order valence-electron chi connectivity index (χ4n) is 5.25. The lowest BCUT2D eigenvalue weighted by Crippen LogP contribution is -2.44. The van der Waals surface area contributed by atoms with Gasteiger partial charge in [-0.05, 0) is 106 Å². The molecule has 0 bridgehead atoms. The van der Waals surface area contributed by atoms with Gasteiger partial charge in [0.25, 0.3) is 0 Å². The summed E-state index contributed by atoms with van der Waals surface area (Å²) in [5, 5.41) is 16.3. The van der Waals surface area contributed by atoms with Crippen LogP contribution < -0.4 is 10.6 Å². The van der Waals surface area contributed by atoms with Gasteiger partial charge >= 0.3 is 0 Å². The second-order valence-electron chi connectivity index (χ2n) is 10.1. The number of likely N-dealkylation sites (tertiary alicyclic amines) is 1. The van der Waals surface area contributed by atoms with E-state index in [0.29, 0.717) is 12.1 Å². The van der Waals surface area contributed by atoms with E-state index in [9.17, 15) is 4.79 Å². The van der Waals surface area contributed by atoms with Crippen molar-refractivity contribution in [2.24, 2.45) is 0 Å². The largest absolute Gasteiger partial charge is 0.382 e. The Hall–Kier alpha value is -2.69. The molecule has 2 aromatic carbocycles. The van der Waals surface area contributed by atoms with E-state index in [1.165, 1.54) is 10.5 Å². The van der Waals surface area contributed by atoms with Crippen LogP contribution in [0.5, 0.6) is 0 Å². The predicted molar refractivity (Wildman–Crippen MR) is 148 cm³/mol. The van der Waals surface area contributed by atoms with Gasteiger partial charge in [-0.2, -0.15) is 5.26 Å². The summed E-state index contributed by atoms with van der Waals surface area (Å²) in [5.41, 5.74) is 5.25. The fourth-order valence-corrected chi connectivity index (χ4v) is 5.83. The molecule has 2 aliphatic rings. The number of ether oxygens (including phenoxy) is 1. The topological polar surface area (TPSA) is 77.4 Å². The monoisotopic (exact) mass is 506 g/mol. The molecule has 192 valence electrons. The van der Waals surface area contributed by atoms with E-state index in [1.807, 2.05) is 30.0 Å². The molecule has 0 radical (unpaired) electrons. The number of hydrogen-bond donors (Lipinski definition) is 2. The summed E-state index contributed by atoms with van der Waals surface area (Å²) >= 11 is 1.77. The summed E-state index contributed by atoms with van der Waals surface area (Å²) in [6.45, 7) is 5.86. The minimum absolute atomic E-state index is 0.113. The first kappa shape index (κ1) is 26.4. The third-order valence-corrected chi connectivity index (χ3v) is 8.35. The number of amides is 1. The highest BCUT2D eigenvalue weighted by Gasteiger charge is 2.26. The van der Waals surface area contributed by atoms with Crippen molar-refractivity contribution >= 4 is 29.0 Å². The molecule has 1 aliphatic carbocycles. The second kappa shape index (κ2) is 12.5. The van der Waals surface area contributed by atoms with Gasteiger partial charge in [-0.1, -0.05) is 0 Å². The standard InChI is InChI=1S/C29H38N4O2S/c1-20-16-25(5-4-22(20)18-30)31-23-6-9-27(10-7-23)35-19-29(34)33-14-12-24(13-15-33)32-26-8-11-28(36-3)21(2)17-26/h4-5,8,11,16-17,23-24,27,31-32H,6-7,9-10,12-15,19H2,1-3H3. The van der Waals surface area contributed by atoms with Crippen LogP contribution in [0.15, 0.2) is 41.3 Å². The molecule has 7 heteroatoms. The van der Waals surface area contributed by atoms with E-state index in [4.69, 9.17) is 10.00 Å². The van der Waals surface area contributed by atoms with Gasteiger partial charge in [-0.15, -0.1) is 11.8 Å². The highest BCUT2D eigenvalue weighted by atomic mass is 32.2. The summed E-state index contributed by atoms with van der Waals surface area (Å²) in [6, 6.07) is 15.5. The zero-order valence-corrected chi connectivity index (χ0v) is 22.5. The van der Waals surface area contributed by atoms with E-state index >= 15 is 0 Å². The number of anilines is 2. The quantitative estimate of drug-likeness (QED) is 0.445. The molecule has 4 rings (SSSR count). The van der Waals surface area contributed by atoms with Crippen LogP contribution in [0.3, 0.4) is 0 Å². The van der Waals surface area contributed by atoms with Crippen LogP contribution in [0.1, 0.15) is 55.2 Å². The molecule has 1 aliphatic heterocycles. The van der Waals surface area contributed by atoms with Crippen molar-refractivity contribution in [3.63, 3.8) is 0 Å². The molecule has 1 amide bonds. The minimum Gasteiger partial charge on any atom is -0.382 e. The van der Waals surface area contributed by atoms with Crippen molar-refractivity contribution in [1.29, 1.82) is 5.26 Å². The molecule has 1 saturated carbocycles. The number of nitriles is 1. The molecule has 2 aromatic rings. The van der Waals surface area contributed by atoms with Gasteiger partial charge in [0.15, 0.2) is 0 Å². The maximum absolute atomic E-state index is 12.8. The smallest absolute Gasteiger partial charge is 0.248 e. The lowest BCUT2D eigenvalue weighted by Gasteiger charge is -2.34. The number of hydrogen-bond acceptors (Lipinski definition) is 6. The van der Waals surface area contributed by atoms with E-state index in [2.05, 4.69) is 48.1 Å². The highest BCUT2D eigenvalue weighted by molar-refractivity contribution is 7.98. The molecule has 36 heavy (non-hydrogen) atoms. The Kier molecular flexibility index (Phi) is 9.17. The van der Waals surface area contributed by atoms with Crippen molar-refractivity contribution in [3.05, 3.63) is 53.1 Å². The van der Waals surface area contributed by atoms with E-state index in [0.717, 1.165) is 74.1 Å². The number of carbonyl (C=O) groups is 1. The number of aryl methyl sites for hydroxylation is 2. The maximum atomic E-state index is 12.8.